The Kier molecular flexibility index (Phi) is 9.83. The van der Waals surface area contributed by atoms with Gasteiger partial charge in [-0.2, -0.15) is 0 Å². The monoisotopic (exact) mass is 558 g/mol. The highest BCUT2D eigenvalue weighted by Crippen LogP contribution is 2.18. The average Bonchev–Trinajstić information content (AvgIpc) is 2.60. The molecule has 0 atom stereocenters. The Morgan fingerprint density at radius 1 is 1.14 bits per heavy atom. The van der Waals surface area contributed by atoms with Crippen molar-refractivity contribution in [3.05, 3.63) is 29.3 Å². The van der Waals surface area contributed by atoms with E-state index in [0.717, 1.165) is 30.5 Å². The van der Waals surface area contributed by atoms with Crippen LogP contribution in [0.2, 0.25) is 0 Å². The van der Waals surface area contributed by atoms with E-state index < -0.39 is 19.9 Å². The van der Waals surface area contributed by atoms with E-state index in [1.54, 1.807) is 26.1 Å². The van der Waals surface area contributed by atoms with Crippen LogP contribution in [0.1, 0.15) is 24.0 Å². The molecular weight excluding hydrogens is 527 g/mol. The quantitative estimate of drug-likeness (QED) is 0.310. The smallest absolute Gasteiger partial charge is 0.211 e. The summed E-state index contributed by atoms with van der Waals surface area (Å²) < 4.78 is 48.1. The summed E-state index contributed by atoms with van der Waals surface area (Å²) in [6.45, 7) is 4.16. The minimum Gasteiger partial charge on any atom is -0.356 e. The van der Waals surface area contributed by atoms with Gasteiger partial charge in [0.05, 0.1) is 11.2 Å². The van der Waals surface area contributed by atoms with Crippen LogP contribution in [0.3, 0.4) is 0 Å². The van der Waals surface area contributed by atoms with Crippen molar-refractivity contribution < 1.29 is 16.8 Å². The molecule has 0 bridgehead atoms. The molecule has 1 heterocycles. The Morgan fingerprint density at radius 3 is 2.24 bits per heavy atom. The third kappa shape index (κ3) is 8.02. The Labute approximate surface area is 191 Å². The number of aliphatic imine (C=N–C) groups is 1. The molecule has 0 spiro atoms. The van der Waals surface area contributed by atoms with E-state index in [-0.39, 0.29) is 24.0 Å². The van der Waals surface area contributed by atoms with Crippen LogP contribution in [-0.2, 0) is 26.4 Å². The van der Waals surface area contributed by atoms with Gasteiger partial charge in [-0.15, -0.1) is 24.0 Å². The molecule has 0 aromatic heterocycles. The van der Waals surface area contributed by atoms with Crippen LogP contribution in [0.25, 0.3) is 0 Å². The van der Waals surface area contributed by atoms with Gasteiger partial charge in [-0.05, 0) is 42.9 Å². The zero-order chi connectivity index (χ0) is 20.9. The standard InChI is InChI=1S/C18H30N4O4S2.HI/c1-14-11-16(5-6-17(14)27(3,23)24)13-21-18(19-2)20-12-15-7-9-22(10-8-15)28(4,25)26;/h5-6,11,15H,7-10,12-13H2,1-4H3,(H2,19,20,21);1H. The number of rotatable bonds is 6. The number of sulfone groups is 1. The van der Waals surface area contributed by atoms with Crippen molar-refractivity contribution in [3.8, 4) is 0 Å². The molecule has 1 saturated heterocycles. The van der Waals surface area contributed by atoms with Gasteiger partial charge in [-0.25, -0.2) is 21.1 Å². The maximum absolute atomic E-state index is 11.7. The second kappa shape index (κ2) is 10.9. The van der Waals surface area contributed by atoms with E-state index in [9.17, 15) is 16.8 Å². The molecule has 2 N–H and O–H groups in total. The van der Waals surface area contributed by atoms with Crippen molar-refractivity contribution in [2.75, 3.05) is 39.2 Å². The van der Waals surface area contributed by atoms with E-state index in [1.807, 2.05) is 6.07 Å². The second-order valence-corrected chi connectivity index (χ2v) is 11.3. The first-order valence-electron chi connectivity index (χ1n) is 9.20. The molecule has 1 fully saturated rings. The van der Waals surface area contributed by atoms with Crippen LogP contribution in [0.5, 0.6) is 0 Å². The van der Waals surface area contributed by atoms with Crippen molar-refractivity contribution in [1.82, 2.24) is 14.9 Å². The molecule has 0 unspecified atom stereocenters. The van der Waals surface area contributed by atoms with Crippen molar-refractivity contribution in [2.24, 2.45) is 10.9 Å². The van der Waals surface area contributed by atoms with Crippen LogP contribution in [0, 0.1) is 12.8 Å². The number of halogens is 1. The molecule has 0 saturated carbocycles. The van der Waals surface area contributed by atoms with E-state index >= 15 is 0 Å². The van der Waals surface area contributed by atoms with Crippen molar-refractivity contribution >= 4 is 49.8 Å². The molecule has 11 heteroatoms. The largest absolute Gasteiger partial charge is 0.356 e. The minimum absolute atomic E-state index is 0. The van der Waals surface area contributed by atoms with Crippen LogP contribution < -0.4 is 10.6 Å². The summed E-state index contributed by atoms with van der Waals surface area (Å²) in [5.74, 6) is 1.06. The summed E-state index contributed by atoms with van der Waals surface area (Å²) in [6.07, 6.45) is 4.10. The number of nitrogens with one attached hydrogen (secondary N) is 2. The fraction of sp³-hybridized carbons (Fsp3) is 0.611. The number of sulfonamides is 1. The lowest BCUT2D eigenvalue weighted by Gasteiger charge is -2.30. The van der Waals surface area contributed by atoms with Crippen LogP contribution in [0.15, 0.2) is 28.1 Å². The SMILES string of the molecule is CN=C(NCc1ccc(S(C)(=O)=O)c(C)c1)NCC1CCN(S(C)(=O)=O)CC1.I. The van der Waals surface area contributed by atoms with Gasteiger partial charge in [0.15, 0.2) is 15.8 Å². The van der Waals surface area contributed by atoms with Crippen molar-refractivity contribution in [1.29, 1.82) is 0 Å². The topological polar surface area (TPSA) is 108 Å². The Morgan fingerprint density at radius 2 is 1.76 bits per heavy atom. The summed E-state index contributed by atoms with van der Waals surface area (Å²) in [5, 5.41) is 6.52. The molecule has 0 radical (unpaired) electrons. The number of guanidine groups is 1. The average molecular weight is 559 g/mol. The minimum atomic E-state index is -3.22. The molecule has 0 aliphatic carbocycles. The summed E-state index contributed by atoms with van der Waals surface area (Å²) >= 11 is 0. The highest BCUT2D eigenvalue weighted by molar-refractivity contribution is 14.0. The lowest BCUT2D eigenvalue weighted by atomic mass is 9.98. The van der Waals surface area contributed by atoms with E-state index in [4.69, 9.17) is 0 Å². The van der Waals surface area contributed by atoms with Gasteiger partial charge >= 0.3 is 0 Å². The molecule has 1 aliphatic heterocycles. The zero-order valence-corrected chi connectivity index (χ0v) is 21.3. The van der Waals surface area contributed by atoms with Crippen molar-refractivity contribution in [2.45, 2.75) is 31.2 Å². The van der Waals surface area contributed by atoms with E-state index in [0.29, 0.717) is 36.4 Å². The molecular formula is C18H31IN4O4S2. The highest BCUT2D eigenvalue weighted by atomic mass is 127. The number of hydrogen-bond acceptors (Lipinski definition) is 5. The predicted molar refractivity (Wildman–Crippen MR) is 127 cm³/mol. The maximum Gasteiger partial charge on any atom is 0.211 e. The second-order valence-electron chi connectivity index (χ2n) is 7.28. The lowest BCUT2D eigenvalue weighted by molar-refractivity contribution is 0.275. The zero-order valence-electron chi connectivity index (χ0n) is 17.3. The number of benzene rings is 1. The Bertz CT molecular complexity index is 925. The first-order chi connectivity index (χ1) is 13.0. The lowest BCUT2D eigenvalue weighted by Crippen LogP contribution is -2.43. The summed E-state index contributed by atoms with van der Waals surface area (Å²) in [4.78, 5) is 4.56. The van der Waals surface area contributed by atoms with Crippen LogP contribution >= 0.6 is 24.0 Å². The van der Waals surface area contributed by atoms with Gasteiger partial charge in [0, 0.05) is 39.5 Å². The van der Waals surface area contributed by atoms with Crippen LogP contribution in [0.4, 0.5) is 0 Å². The van der Waals surface area contributed by atoms with Gasteiger partial charge in [-0.3, -0.25) is 4.99 Å². The number of nitrogens with zero attached hydrogens (tertiary/aromatic N) is 2. The van der Waals surface area contributed by atoms with Gasteiger partial charge in [0.1, 0.15) is 0 Å². The summed E-state index contributed by atoms with van der Waals surface area (Å²) in [6, 6.07) is 5.29. The maximum atomic E-state index is 11.7. The highest BCUT2D eigenvalue weighted by Gasteiger charge is 2.24. The molecule has 0 amide bonds. The first-order valence-corrected chi connectivity index (χ1v) is 12.9. The normalized spacial score (nSPS) is 16.9. The van der Waals surface area contributed by atoms with Gasteiger partial charge in [0.25, 0.3) is 0 Å². The van der Waals surface area contributed by atoms with Gasteiger partial charge in [-0.1, -0.05) is 12.1 Å². The summed E-state index contributed by atoms with van der Waals surface area (Å²) in [5.41, 5.74) is 1.69. The van der Waals surface area contributed by atoms with Gasteiger partial charge < -0.3 is 10.6 Å². The molecule has 8 nitrogen and oxygen atoms in total. The first kappa shape index (κ1) is 26.1. The predicted octanol–water partition coefficient (Wildman–Crippen LogP) is 1.35. The number of hydrogen-bond donors (Lipinski definition) is 2. The fourth-order valence-electron chi connectivity index (χ4n) is 3.33. The Balaban J connectivity index is 0.00000420. The molecule has 166 valence electrons. The molecule has 1 aromatic rings. The molecule has 29 heavy (non-hydrogen) atoms. The third-order valence-electron chi connectivity index (χ3n) is 4.92. The summed E-state index contributed by atoms with van der Waals surface area (Å²) in [7, 11) is -4.63. The third-order valence-corrected chi connectivity index (χ3v) is 7.48. The Hall–Kier alpha value is -0.920. The number of aryl methyl sites for hydroxylation is 1. The fourth-order valence-corrected chi connectivity index (χ4v) is 5.16. The van der Waals surface area contributed by atoms with Crippen LogP contribution in [-0.4, -0.2) is 66.3 Å². The van der Waals surface area contributed by atoms with E-state index in [2.05, 4.69) is 15.6 Å². The number of piperidine rings is 1. The van der Waals surface area contributed by atoms with Gasteiger partial charge in [0.2, 0.25) is 10.0 Å². The molecule has 2 rings (SSSR count). The van der Waals surface area contributed by atoms with E-state index in [1.165, 1.54) is 16.8 Å². The molecule has 1 aliphatic rings. The molecule has 1 aromatic carbocycles. The van der Waals surface area contributed by atoms with Crippen molar-refractivity contribution in [3.63, 3.8) is 0 Å².